The first kappa shape index (κ1) is 15.2. The summed E-state index contributed by atoms with van der Waals surface area (Å²) in [4.78, 5) is 12.5. The van der Waals surface area contributed by atoms with Crippen molar-refractivity contribution in [3.8, 4) is 0 Å². The Morgan fingerprint density at radius 3 is 2.72 bits per heavy atom. The van der Waals surface area contributed by atoms with Gasteiger partial charge in [0.15, 0.2) is 0 Å². The number of alkyl halides is 3. The Hall–Kier alpha value is -0.820. The summed E-state index contributed by atoms with van der Waals surface area (Å²) in [5.41, 5.74) is 0. The van der Waals surface area contributed by atoms with Crippen LogP contribution in [0.15, 0.2) is 0 Å². The number of halogens is 3. The molecule has 0 saturated carbocycles. The Labute approximate surface area is 104 Å². The van der Waals surface area contributed by atoms with Crippen molar-refractivity contribution in [1.29, 1.82) is 0 Å². The van der Waals surface area contributed by atoms with E-state index in [0.29, 0.717) is 6.61 Å². The predicted molar refractivity (Wildman–Crippen MR) is 58.1 cm³/mol. The topological polar surface area (TPSA) is 38.8 Å². The molecule has 2 unspecified atom stereocenters. The van der Waals surface area contributed by atoms with Gasteiger partial charge in [0.05, 0.1) is 12.6 Å². The van der Waals surface area contributed by atoms with Gasteiger partial charge >= 0.3 is 12.1 Å². The molecule has 2 atom stereocenters. The monoisotopic (exact) mass is 269 g/mol. The van der Waals surface area contributed by atoms with Gasteiger partial charge < -0.3 is 9.47 Å². The van der Waals surface area contributed by atoms with E-state index in [1.54, 1.807) is 0 Å². The Morgan fingerprint density at radius 2 is 2.22 bits per heavy atom. The molecule has 0 spiro atoms. The van der Waals surface area contributed by atoms with Crippen LogP contribution in [0.4, 0.5) is 13.2 Å². The van der Waals surface area contributed by atoms with Crippen LogP contribution < -0.4 is 0 Å². The van der Waals surface area contributed by atoms with Crippen LogP contribution >= 0.6 is 0 Å². The smallest absolute Gasteiger partial charge is 0.401 e. The lowest BCUT2D eigenvalue weighted by atomic mass is 10.2. The molecule has 0 aromatic carbocycles. The molecule has 0 radical (unpaired) electrons. The lowest BCUT2D eigenvalue weighted by molar-refractivity contribution is -0.163. The van der Waals surface area contributed by atoms with Gasteiger partial charge in [-0.3, -0.25) is 9.69 Å². The van der Waals surface area contributed by atoms with Gasteiger partial charge in [-0.15, -0.1) is 0 Å². The van der Waals surface area contributed by atoms with Crippen LogP contribution in [0.1, 0.15) is 19.8 Å². The van der Waals surface area contributed by atoms with E-state index in [1.165, 1.54) is 14.0 Å². The van der Waals surface area contributed by atoms with Crippen LogP contribution in [0.5, 0.6) is 0 Å². The molecule has 106 valence electrons. The molecule has 18 heavy (non-hydrogen) atoms. The van der Waals surface area contributed by atoms with Crippen molar-refractivity contribution in [2.75, 3.05) is 26.8 Å². The van der Waals surface area contributed by atoms with E-state index in [4.69, 9.17) is 9.47 Å². The Balaban J connectivity index is 2.31. The van der Waals surface area contributed by atoms with E-state index in [1.807, 2.05) is 0 Å². The molecule has 7 heteroatoms. The van der Waals surface area contributed by atoms with Gasteiger partial charge in [0.25, 0.3) is 0 Å². The van der Waals surface area contributed by atoms with Crippen LogP contribution in [0, 0.1) is 0 Å². The second kappa shape index (κ2) is 6.38. The maximum absolute atomic E-state index is 12.1. The number of ether oxygens (including phenoxy) is 2. The second-order valence-electron chi connectivity index (χ2n) is 4.47. The first-order valence-corrected chi connectivity index (χ1v) is 5.85. The van der Waals surface area contributed by atoms with E-state index in [2.05, 4.69) is 0 Å². The number of carbonyl (C=O) groups excluding carboxylic acids is 1. The Bertz CT molecular complexity index is 277. The van der Waals surface area contributed by atoms with Crippen molar-refractivity contribution in [1.82, 2.24) is 4.90 Å². The van der Waals surface area contributed by atoms with Gasteiger partial charge in [0.2, 0.25) is 0 Å². The summed E-state index contributed by atoms with van der Waals surface area (Å²) in [5.74, 6) is -0.655. The molecule has 4 nitrogen and oxygen atoms in total. The molecule has 1 rings (SSSR count). The molecule has 1 aliphatic rings. The highest BCUT2D eigenvalue weighted by Gasteiger charge is 2.33. The van der Waals surface area contributed by atoms with E-state index in [-0.39, 0.29) is 12.7 Å². The number of hydrogen-bond donors (Lipinski definition) is 0. The van der Waals surface area contributed by atoms with Crippen molar-refractivity contribution in [2.24, 2.45) is 0 Å². The minimum Gasteiger partial charge on any atom is -0.462 e. The molecule has 1 saturated heterocycles. The summed E-state index contributed by atoms with van der Waals surface area (Å²) in [5, 5.41) is 0. The highest BCUT2D eigenvalue weighted by atomic mass is 19.4. The van der Waals surface area contributed by atoms with E-state index < -0.39 is 24.7 Å². The molecule has 0 bridgehead atoms. The highest BCUT2D eigenvalue weighted by Crippen LogP contribution is 2.17. The number of hydrogen-bond acceptors (Lipinski definition) is 4. The summed E-state index contributed by atoms with van der Waals surface area (Å²) < 4.78 is 46.6. The molecule has 1 aliphatic heterocycles. The van der Waals surface area contributed by atoms with Crippen LogP contribution in [0.25, 0.3) is 0 Å². The van der Waals surface area contributed by atoms with Crippen molar-refractivity contribution >= 4 is 5.97 Å². The third kappa shape index (κ3) is 5.22. The van der Waals surface area contributed by atoms with Crippen LogP contribution in [0.3, 0.4) is 0 Å². The summed E-state index contributed by atoms with van der Waals surface area (Å²) >= 11 is 0. The molecule has 0 aromatic rings. The maximum Gasteiger partial charge on any atom is 0.401 e. The van der Waals surface area contributed by atoms with Crippen molar-refractivity contribution in [2.45, 2.75) is 38.1 Å². The summed E-state index contributed by atoms with van der Waals surface area (Å²) in [7, 11) is 1.24. The average Bonchev–Trinajstić information content (AvgIpc) is 2.75. The minimum atomic E-state index is -4.32. The third-order valence-electron chi connectivity index (χ3n) is 2.87. The zero-order chi connectivity index (χ0) is 13.8. The molecule has 0 N–H and O–H groups in total. The van der Waals surface area contributed by atoms with Crippen LogP contribution in [0.2, 0.25) is 0 Å². The minimum absolute atomic E-state index is 0.114. The fraction of sp³-hybridized carbons (Fsp3) is 0.909. The number of nitrogens with zero attached hydrogens (tertiary/aromatic N) is 1. The molecule has 0 aromatic heterocycles. The highest BCUT2D eigenvalue weighted by molar-refractivity contribution is 5.75. The van der Waals surface area contributed by atoms with Crippen molar-refractivity contribution in [3.63, 3.8) is 0 Å². The maximum atomic E-state index is 12.1. The Morgan fingerprint density at radius 1 is 1.56 bits per heavy atom. The number of likely N-dealkylation sites (N-methyl/N-ethyl adjacent to an activating group) is 1. The predicted octanol–water partition coefficient (Wildman–Crippen LogP) is 1.59. The van der Waals surface area contributed by atoms with Gasteiger partial charge in [-0.25, -0.2) is 0 Å². The standard InChI is InChI=1S/C11H18F3NO3/c1-8(15(2)7-11(12,13)14)10(16)18-6-9-4-3-5-17-9/h8-9H,3-7H2,1-2H3. The molecule has 1 fully saturated rings. The summed E-state index contributed by atoms with van der Waals surface area (Å²) in [6.07, 6.45) is -2.70. The molecular formula is C11H18F3NO3. The summed E-state index contributed by atoms with van der Waals surface area (Å²) in [6.45, 7) is 1.02. The zero-order valence-electron chi connectivity index (χ0n) is 10.5. The quantitative estimate of drug-likeness (QED) is 0.710. The number of carbonyl (C=O) groups is 1. The molecule has 0 aliphatic carbocycles. The van der Waals surface area contributed by atoms with Gasteiger partial charge in [-0.05, 0) is 26.8 Å². The second-order valence-corrected chi connectivity index (χ2v) is 4.47. The lowest BCUT2D eigenvalue weighted by Crippen LogP contribution is -2.43. The number of esters is 1. The zero-order valence-corrected chi connectivity index (χ0v) is 10.5. The summed E-state index contributed by atoms with van der Waals surface area (Å²) in [6, 6.07) is -0.923. The SMILES string of the molecule is CC(C(=O)OCC1CCCO1)N(C)CC(F)(F)F. The van der Waals surface area contributed by atoms with E-state index in [0.717, 1.165) is 17.7 Å². The first-order chi connectivity index (χ1) is 8.29. The fourth-order valence-corrected chi connectivity index (χ4v) is 1.67. The molecular weight excluding hydrogens is 251 g/mol. The van der Waals surface area contributed by atoms with Crippen molar-refractivity contribution < 1.29 is 27.4 Å². The molecule has 1 heterocycles. The average molecular weight is 269 g/mol. The van der Waals surface area contributed by atoms with Gasteiger partial charge in [0.1, 0.15) is 12.6 Å². The van der Waals surface area contributed by atoms with Gasteiger partial charge in [-0.1, -0.05) is 0 Å². The normalized spacial score (nSPS) is 22.2. The third-order valence-corrected chi connectivity index (χ3v) is 2.87. The first-order valence-electron chi connectivity index (χ1n) is 5.85. The van der Waals surface area contributed by atoms with Gasteiger partial charge in [-0.2, -0.15) is 13.2 Å². The largest absolute Gasteiger partial charge is 0.462 e. The number of rotatable bonds is 5. The van der Waals surface area contributed by atoms with Gasteiger partial charge in [0, 0.05) is 6.61 Å². The van der Waals surface area contributed by atoms with Crippen LogP contribution in [-0.2, 0) is 14.3 Å². The lowest BCUT2D eigenvalue weighted by Gasteiger charge is -2.24. The fourth-order valence-electron chi connectivity index (χ4n) is 1.67. The van der Waals surface area contributed by atoms with E-state index in [9.17, 15) is 18.0 Å². The van der Waals surface area contributed by atoms with Crippen LogP contribution in [-0.4, -0.2) is 56.0 Å². The molecule has 0 amide bonds. The van der Waals surface area contributed by atoms with Crippen molar-refractivity contribution in [3.05, 3.63) is 0 Å². The Kier molecular flexibility index (Phi) is 5.40. The van der Waals surface area contributed by atoms with E-state index >= 15 is 0 Å².